The normalized spacial score (nSPS) is 10.6. The fourth-order valence-electron chi connectivity index (χ4n) is 2.14. The van der Waals surface area contributed by atoms with E-state index in [9.17, 15) is 4.39 Å². The van der Waals surface area contributed by atoms with Crippen LogP contribution in [0.15, 0.2) is 54.6 Å². The van der Waals surface area contributed by atoms with Crippen LogP contribution in [0.4, 0.5) is 4.39 Å². The maximum atomic E-state index is 13.7. The van der Waals surface area contributed by atoms with E-state index < -0.39 is 0 Å². The van der Waals surface area contributed by atoms with E-state index in [1.54, 1.807) is 12.1 Å². The maximum Gasteiger partial charge on any atom is 0.140 e. The molecule has 0 saturated heterocycles. The highest BCUT2D eigenvalue weighted by molar-refractivity contribution is 6.30. The smallest absolute Gasteiger partial charge is 0.140 e. The van der Waals surface area contributed by atoms with Gasteiger partial charge in [-0.3, -0.25) is 0 Å². The average Bonchev–Trinajstić information content (AvgIpc) is 2.55. The van der Waals surface area contributed by atoms with E-state index >= 15 is 0 Å². The zero-order chi connectivity index (χ0) is 16.5. The summed E-state index contributed by atoms with van der Waals surface area (Å²) in [5.41, 5.74) is 2.53. The van der Waals surface area contributed by atoms with E-state index in [4.69, 9.17) is 11.6 Å². The molecule has 0 nitrogen and oxygen atoms in total. The van der Waals surface area contributed by atoms with Crippen LogP contribution in [0.3, 0.4) is 0 Å². The Kier molecular flexibility index (Phi) is 6.91. The predicted octanol–water partition coefficient (Wildman–Crippen LogP) is 6.17. The van der Waals surface area contributed by atoms with Crippen LogP contribution in [-0.2, 0) is 6.42 Å². The Labute approximate surface area is 143 Å². The molecule has 0 saturated carbocycles. The first-order chi connectivity index (χ1) is 11.2. The van der Waals surface area contributed by atoms with Crippen LogP contribution in [0.5, 0.6) is 0 Å². The minimum Gasteiger partial charge on any atom is -0.206 e. The fourth-order valence-corrected chi connectivity index (χ4v) is 2.30. The van der Waals surface area contributed by atoms with E-state index in [-0.39, 0.29) is 5.82 Å². The van der Waals surface area contributed by atoms with Crippen molar-refractivity contribution in [3.8, 4) is 11.8 Å². The molecule has 0 atom stereocenters. The molecule has 118 valence electrons. The quantitative estimate of drug-likeness (QED) is 0.455. The molecule has 2 aromatic rings. The third-order valence-corrected chi connectivity index (χ3v) is 3.68. The number of allylic oxidation sites excluding steroid dienone is 2. The Balaban J connectivity index is 1.96. The van der Waals surface area contributed by atoms with Crippen molar-refractivity contribution in [2.45, 2.75) is 32.6 Å². The Morgan fingerprint density at radius 3 is 2.43 bits per heavy atom. The van der Waals surface area contributed by atoms with Crippen molar-refractivity contribution in [1.82, 2.24) is 0 Å². The standard InChI is InChI=1S/C21H20ClF/c1-2-3-4-5-6-7-17-8-10-18(11-9-17)12-13-19-14-15-20(22)16-21(19)23/h4-5,8-11,14-16H,2-3,6-7H2,1H3. The molecule has 0 bridgehead atoms. The Hall–Kier alpha value is -2.04. The molecule has 0 spiro atoms. The Morgan fingerprint density at radius 2 is 1.74 bits per heavy atom. The lowest BCUT2D eigenvalue weighted by atomic mass is 10.1. The molecule has 2 heteroatoms. The molecule has 0 aliphatic carbocycles. The third kappa shape index (κ3) is 5.93. The van der Waals surface area contributed by atoms with Gasteiger partial charge in [-0.2, -0.15) is 0 Å². The SMILES string of the molecule is CCCC=CCCc1ccc(C#Cc2ccc(Cl)cc2F)cc1. The van der Waals surface area contributed by atoms with Gasteiger partial charge in [0.1, 0.15) is 5.82 Å². The molecule has 2 aromatic carbocycles. The minimum absolute atomic E-state index is 0.361. The van der Waals surface area contributed by atoms with Gasteiger partial charge in [-0.1, -0.05) is 61.1 Å². The first kappa shape index (κ1) is 17.3. The topological polar surface area (TPSA) is 0 Å². The molecule has 0 radical (unpaired) electrons. The molecule has 23 heavy (non-hydrogen) atoms. The molecule has 0 aromatic heterocycles. The highest BCUT2D eigenvalue weighted by atomic mass is 35.5. The molecule has 0 amide bonds. The van der Waals surface area contributed by atoms with Gasteiger partial charge >= 0.3 is 0 Å². The van der Waals surface area contributed by atoms with Crippen LogP contribution in [0, 0.1) is 17.7 Å². The first-order valence-corrected chi connectivity index (χ1v) is 8.28. The van der Waals surface area contributed by atoms with Crippen molar-refractivity contribution in [3.05, 3.63) is 82.1 Å². The summed E-state index contributed by atoms with van der Waals surface area (Å²) in [7, 11) is 0. The number of halogens is 2. The van der Waals surface area contributed by atoms with E-state index in [1.165, 1.54) is 18.1 Å². The second kappa shape index (κ2) is 9.18. The van der Waals surface area contributed by atoms with Gasteiger partial charge in [-0.05, 0) is 55.2 Å². The lowest BCUT2D eigenvalue weighted by Crippen LogP contribution is -1.85. The summed E-state index contributed by atoms with van der Waals surface area (Å²) in [6.45, 7) is 2.18. The lowest BCUT2D eigenvalue weighted by Gasteiger charge is -1.99. The molecule has 0 aliphatic rings. The van der Waals surface area contributed by atoms with E-state index in [0.717, 1.165) is 24.8 Å². The second-order valence-electron chi connectivity index (χ2n) is 5.37. The molecule has 0 unspecified atom stereocenters. The number of rotatable bonds is 5. The molecule has 0 heterocycles. The summed E-state index contributed by atoms with van der Waals surface area (Å²) < 4.78 is 13.7. The first-order valence-electron chi connectivity index (χ1n) is 7.90. The van der Waals surface area contributed by atoms with E-state index in [1.807, 2.05) is 12.1 Å². The predicted molar refractivity (Wildman–Crippen MR) is 96.2 cm³/mol. The van der Waals surface area contributed by atoms with Gasteiger partial charge < -0.3 is 0 Å². The van der Waals surface area contributed by atoms with Crippen molar-refractivity contribution in [2.75, 3.05) is 0 Å². The highest BCUT2D eigenvalue weighted by Gasteiger charge is 1.99. The molecular formula is C21H20ClF. The average molecular weight is 327 g/mol. The molecule has 2 rings (SSSR count). The summed E-state index contributed by atoms with van der Waals surface area (Å²) in [6.07, 6.45) is 8.90. The highest BCUT2D eigenvalue weighted by Crippen LogP contribution is 2.14. The third-order valence-electron chi connectivity index (χ3n) is 3.45. The number of unbranched alkanes of at least 4 members (excludes halogenated alkanes) is 1. The molecular weight excluding hydrogens is 307 g/mol. The second-order valence-corrected chi connectivity index (χ2v) is 5.81. The summed E-state index contributed by atoms with van der Waals surface area (Å²) in [4.78, 5) is 0. The molecule has 0 N–H and O–H groups in total. The monoisotopic (exact) mass is 326 g/mol. The number of aryl methyl sites for hydroxylation is 1. The van der Waals surface area contributed by atoms with Crippen molar-refractivity contribution in [1.29, 1.82) is 0 Å². The molecule has 0 fully saturated rings. The van der Waals surface area contributed by atoms with Gasteiger partial charge in [-0.15, -0.1) is 0 Å². The summed E-state index contributed by atoms with van der Waals surface area (Å²) >= 11 is 5.73. The van der Waals surface area contributed by atoms with Crippen LogP contribution < -0.4 is 0 Å². The van der Waals surface area contributed by atoms with Gasteiger partial charge in [0.05, 0.1) is 5.56 Å². The van der Waals surface area contributed by atoms with Crippen molar-refractivity contribution in [2.24, 2.45) is 0 Å². The zero-order valence-corrected chi connectivity index (χ0v) is 14.0. The summed E-state index contributed by atoms with van der Waals surface area (Å²) in [6, 6.07) is 12.6. The summed E-state index contributed by atoms with van der Waals surface area (Å²) in [5.74, 6) is 5.44. The number of hydrogen-bond acceptors (Lipinski definition) is 0. The Bertz CT molecular complexity index is 718. The van der Waals surface area contributed by atoms with Crippen molar-refractivity contribution >= 4 is 11.6 Å². The number of hydrogen-bond donors (Lipinski definition) is 0. The summed E-state index contributed by atoms with van der Waals surface area (Å²) in [5, 5.41) is 0.380. The van der Waals surface area contributed by atoms with Gasteiger partial charge in [0.15, 0.2) is 0 Å². The molecule has 0 aliphatic heterocycles. The van der Waals surface area contributed by atoms with Crippen LogP contribution in [0.2, 0.25) is 5.02 Å². The van der Waals surface area contributed by atoms with Gasteiger partial charge in [0, 0.05) is 10.6 Å². The van der Waals surface area contributed by atoms with Gasteiger partial charge in [0.2, 0.25) is 0 Å². The number of benzene rings is 2. The lowest BCUT2D eigenvalue weighted by molar-refractivity contribution is 0.624. The zero-order valence-electron chi connectivity index (χ0n) is 13.3. The maximum absolute atomic E-state index is 13.7. The Morgan fingerprint density at radius 1 is 1.00 bits per heavy atom. The van der Waals surface area contributed by atoms with Crippen molar-refractivity contribution in [3.63, 3.8) is 0 Å². The minimum atomic E-state index is -0.388. The van der Waals surface area contributed by atoms with E-state index in [2.05, 4.69) is 43.0 Å². The largest absolute Gasteiger partial charge is 0.206 e. The van der Waals surface area contributed by atoms with Crippen LogP contribution in [-0.4, -0.2) is 0 Å². The van der Waals surface area contributed by atoms with Gasteiger partial charge in [-0.25, -0.2) is 4.39 Å². The van der Waals surface area contributed by atoms with Crippen LogP contribution >= 0.6 is 11.6 Å². The van der Waals surface area contributed by atoms with Crippen molar-refractivity contribution < 1.29 is 4.39 Å². The fraction of sp³-hybridized carbons (Fsp3) is 0.238. The van der Waals surface area contributed by atoms with Crippen LogP contribution in [0.1, 0.15) is 42.9 Å². The van der Waals surface area contributed by atoms with Gasteiger partial charge in [0.25, 0.3) is 0 Å². The van der Waals surface area contributed by atoms with Crippen LogP contribution in [0.25, 0.3) is 0 Å². The van der Waals surface area contributed by atoms with E-state index in [0.29, 0.717) is 10.6 Å².